The molecule has 0 aromatic heterocycles. The van der Waals surface area contributed by atoms with Gasteiger partial charge in [0.1, 0.15) is 5.82 Å². The molecule has 0 unspecified atom stereocenters. The van der Waals surface area contributed by atoms with Crippen LogP contribution in [0.25, 0.3) is 5.57 Å². The summed E-state index contributed by atoms with van der Waals surface area (Å²) in [4.78, 5) is 0. The van der Waals surface area contributed by atoms with Crippen molar-refractivity contribution < 1.29 is 9.13 Å². The maximum atomic E-state index is 12.7. The molecule has 0 saturated heterocycles. The second-order valence-electron chi connectivity index (χ2n) is 3.93. The smallest absolute Gasteiger partial charge is 0.123 e. The minimum atomic E-state index is -0.192. The Kier molecular flexibility index (Phi) is 6.51. The first-order valence-electron chi connectivity index (χ1n) is 5.86. The van der Waals surface area contributed by atoms with E-state index in [0.717, 1.165) is 31.7 Å². The number of hydrogen-bond donors (Lipinski definition) is 1. The third-order valence-electron chi connectivity index (χ3n) is 2.55. The standard InChI is InChI=1S/C14H20FNO/c1-12(4-3-9-16-10-11-17-2)13-5-7-14(15)8-6-13/h4-8,16H,3,9-11H2,1-2H3. The van der Waals surface area contributed by atoms with E-state index < -0.39 is 0 Å². The zero-order chi connectivity index (χ0) is 12.5. The Morgan fingerprint density at radius 2 is 2.00 bits per heavy atom. The Hall–Kier alpha value is -1.19. The molecular weight excluding hydrogens is 217 g/mol. The van der Waals surface area contributed by atoms with E-state index >= 15 is 0 Å². The average molecular weight is 237 g/mol. The fourth-order valence-corrected chi connectivity index (χ4v) is 1.52. The number of halogens is 1. The summed E-state index contributed by atoms with van der Waals surface area (Å²) in [5.74, 6) is -0.192. The van der Waals surface area contributed by atoms with Gasteiger partial charge in [-0.15, -0.1) is 0 Å². The summed E-state index contributed by atoms with van der Waals surface area (Å²) in [7, 11) is 1.69. The number of allylic oxidation sites excluding steroid dienone is 1. The molecule has 0 saturated carbocycles. The van der Waals surface area contributed by atoms with Crippen molar-refractivity contribution in [2.75, 3.05) is 26.8 Å². The van der Waals surface area contributed by atoms with Crippen LogP contribution in [0, 0.1) is 5.82 Å². The van der Waals surface area contributed by atoms with Gasteiger partial charge in [-0.2, -0.15) is 0 Å². The summed E-state index contributed by atoms with van der Waals surface area (Å²) in [6.07, 6.45) is 3.12. The molecule has 1 rings (SSSR count). The average Bonchev–Trinajstić information content (AvgIpc) is 2.34. The van der Waals surface area contributed by atoms with E-state index in [4.69, 9.17) is 4.74 Å². The van der Waals surface area contributed by atoms with E-state index in [2.05, 4.69) is 11.4 Å². The molecule has 0 fully saturated rings. The number of nitrogens with one attached hydrogen (secondary N) is 1. The van der Waals surface area contributed by atoms with E-state index in [-0.39, 0.29) is 5.82 Å². The monoisotopic (exact) mass is 237 g/mol. The van der Waals surface area contributed by atoms with Gasteiger partial charge in [0.25, 0.3) is 0 Å². The number of hydrogen-bond acceptors (Lipinski definition) is 2. The van der Waals surface area contributed by atoms with Gasteiger partial charge < -0.3 is 10.1 Å². The largest absolute Gasteiger partial charge is 0.383 e. The third kappa shape index (κ3) is 5.61. The summed E-state index contributed by atoms with van der Waals surface area (Å²) in [5.41, 5.74) is 2.25. The van der Waals surface area contributed by atoms with E-state index in [1.54, 1.807) is 19.2 Å². The van der Waals surface area contributed by atoms with Crippen LogP contribution in [0.3, 0.4) is 0 Å². The lowest BCUT2D eigenvalue weighted by Crippen LogP contribution is -2.19. The highest BCUT2D eigenvalue weighted by Gasteiger charge is 1.95. The van der Waals surface area contributed by atoms with Crippen molar-refractivity contribution in [2.24, 2.45) is 0 Å². The SMILES string of the molecule is COCCNCCC=C(C)c1ccc(F)cc1. The van der Waals surface area contributed by atoms with E-state index in [1.807, 2.05) is 6.92 Å². The summed E-state index contributed by atoms with van der Waals surface area (Å²) in [6, 6.07) is 6.59. The Morgan fingerprint density at radius 3 is 2.65 bits per heavy atom. The molecule has 0 heterocycles. The van der Waals surface area contributed by atoms with Crippen LogP contribution in [0.15, 0.2) is 30.3 Å². The second kappa shape index (κ2) is 7.98. The van der Waals surface area contributed by atoms with Gasteiger partial charge in [-0.3, -0.25) is 0 Å². The molecule has 3 heteroatoms. The number of ether oxygens (including phenoxy) is 1. The lowest BCUT2D eigenvalue weighted by atomic mass is 10.1. The minimum absolute atomic E-state index is 0.192. The quantitative estimate of drug-likeness (QED) is 0.736. The van der Waals surface area contributed by atoms with Gasteiger partial charge >= 0.3 is 0 Å². The third-order valence-corrected chi connectivity index (χ3v) is 2.55. The zero-order valence-electron chi connectivity index (χ0n) is 10.5. The molecule has 0 spiro atoms. The van der Waals surface area contributed by atoms with Crippen molar-refractivity contribution >= 4 is 5.57 Å². The Balaban J connectivity index is 2.31. The summed E-state index contributed by atoms with van der Waals surface area (Å²) < 4.78 is 17.7. The van der Waals surface area contributed by atoms with Gasteiger partial charge in [0.05, 0.1) is 6.61 Å². The van der Waals surface area contributed by atoms with Crippen LogP contribution in [-0.4, -0.2) is 26.8 Å². The molecule has 2 nitrogen and oxygen atoms in total. The number of methoxy groups -OCH3 is 1. The highest BCUT2D eigenvalue weighted by molar-refractivity contribution is 5.63. The predicted octanol–water partition coefficient (Wildman–Crippen LogP) is 2.86. The topological polar surface area (TPSA) is 21.3 Å². The second-order valence-corrected chi connectivity index (χ2v) is 3.93. The normalized spacial score (nSPS) is 11.8. The van der Waals surface area contributed by atoms with E-state index in [0.29, 0.717) is 0 Å². The van der Waals surface area contributed by atoms with Crippen molar-refractivity contribution in [1.82, 2.24) is 5.32 Å². The maximum Gasteiger partial charge on any atom is 0.123 e. The van der Waals surface area contributed by atoms with Crippen molar-refractivity contribution in [1.29, 1.82) is 0 Å². The van der Waals surface area contributed by atoms with E-state index in [9.17, 15) is 4.39 Å². The molecule has 0 aliphatic carbocycles. The number of benzene rings is 1. The Bertz CT molecular complexity index is 346. The highest BCUT2D eigenvalue weighted by Crippen LogP contribution is 2.14. The van der Waals surface area contributed by atoms with Crippen molar-refractivity contribution in [2.45, 2.75) is 13.3 Å². The molecule has 0 atom stereocenters. The Labute approximate surface area is 102 Å². The first kappa shape index (κ1) is 13.9. The molecule has 94 valence electrons. The summed E-state index contributed by atoms with van der Waals surface area (Å²) in [6.45, 7) is 4.59. The highest BCUT2D eigenvalue weighted by atomic mass is 19.1. The van der Waals surface area contributed by atoms with Gasteiger partial charge in [-0.1, -0.05) is 18.2 Å². The first-order valence-corrected chi connectivity index (χ1v) is 5.86. The van der Waals surface area contributed by atoms with Crippen molar-refractivity contribution in [3.8, 4) is 0 Å². The lowest BCUT2D eigenvalue weighted by Gasteiger charge is -2.03. The molecule has 0 aliphatic heterocycles. The van der Waals surface area contributed by atoms with Crippen molar-refractivity contribution in [3.05, 3.63) is 41.7 Å². The van der Waals surface area contributed by atoms with Gasteiger partial charge in [-0.05, 0) is 43.2 Å². The fourth-order valence-electron chi connectivity index (χ4n) is 1.52. The van der Waals surface area contributed by atoms with Crippen LogP contribution in [0.2, 0.25) is 0 Å². The molecule has 1 aromatic carbocycles. The summed E-state index contributed by atoms with van der Waals surface area (Å²) >= 11 is 0. The molecule has 1 aromatic rings. The molecule has 0 aliphatic rings. The predicted molar refractivity (Wildman–Crippen MR) is 69.4 cm³/mol. The fraction of sp³-hybridized carbons (Fsp3) is 0.429. The van der Waals surface area contributed by atoms with Gasteiger partial charge in [-0.25, -0.2) is 4.39 Å². The van der Waals surface area contributed by atoms with Gasteiger partial charge in [0, 0.05) is 13.7 Å². The molecular formula is C14H20FNO. The molecule has 17 heavy (non-hydrogen) atoms. The molecule has 0 amide bonds. The van der Waals surface area contributed by atoms with Crippen LogP contribution < -0.4 is 5.32 Å². The van der Waals surface area contributed by atoms with Gasteiger partial charge in [0.2, 0.25) is 0 Å². The van der Waals surface area contributed by atoms with Crippen LogP contribution in [0.5, 0.6) is 0 Å². The Morgan fingerprint density at radius 1 is 1.29 bits per heavy atom. The summed E-state index contributed by atoms with van der Waals surface area (Å²) in [5, 5.41) is 3.27. The molecule has 0 bridgehead atoms. The zero-order valence-corrected chi connectivity index (χ0v) is 10.5. The first-order chi connectivity index (χ1) is 8.24. The van der Waals surface area contributed by atoms with Crippen LogP contribution in [0.4, 0.5) is 4.39 Å². The van der Waals surface area contributed by atoms with Crippen LogP contribution in [-0.2, 0) is 4.74 Å². The molecule has 0 radical (unpaired) electrons. The molecule has 1 N–H and O–H groups in total. The van der Waals surface area contributed by atoms with Gasteiger partial charge in [0.15, 0.2) is 0 Å². The maximum absolute atomic E-state index is 12.7. The number of rotatable bonds is 7. The van der Waals surface area contributed by atoms with Crippen LogP contribution >= 0.6 is 0 Å². The van der Waals surface area contributed by atoms with E-state index in [1.165, 1.54) is 17.7 Å². The van der Waals surface area contributed by atoms with Crippen LogP contribution in [0.1, 0.15) is 18.9 Å². The lowest BCUT2D eigenvalue weighted by molar-refractivity contribution is 0.199. The minimum Gasteiger partial charge on any atom is -0.383 e. The van der Waals surface area contributed by atoms with Crippen molar-refractivity contribution in [3.63, 3.8) is 0 Å².